The molecule has 0 saturated heterocycles. The lowest BCUT2D eigenvalue weighted by molar-refractivity contribution is 0.221. The third-order valence-corrected chi connectivity index (χ3v) is 2.42. The number of rotatable bonds is 3. The van der Waals surface area contributed by atoms with Gasteiger partial charge in [-0.3, -0.25) is 0 Å². The molecule has 1 rings (SSSR count). The molecular formula is C12H17FO. The van der Waals surface area contributed by atoms with E-state index in [0.29, 0.717) is 12.0 Å². The lowest BCUT2D eigenvalue weighted by Gasteiger charge is -2.16. The summed E-state index contributed by atoms with van der Waals surface area (Å²) in [5.74, 6) is 0. The number of hydrogen-bond donors (Lipinski definition) is 1. The monoisotopic (exact) mass is 196 g/mol. The maximum absolute atomic E-state index is 13.6. The van der Waals surface area contributed by atoms with Crippen molar-refractivity contribution >= 4 is 0 Å². The van der Waals surface area contributed by atoms with Gasteiger partial charge in [-0.1, -0.05) is 18.2 Å². The van der Waals surface area contributed by atoms with Crippen LogP contribution in [0.4, 0.5) is 4.39 Å². The Hall–Kier alpha value is -0.890. The maximum Gasteiger partial charge on any atom is 0.130 e. The molecule has 2 heteroatoms. The highest BCUT2D eigenvalue weighted by Gasteiger charge is 2.19. The van der Waals surface area contributed by atoms with E-state index in [-0.39, 0.29) is 6.61 Å². The summed E-state index contributed by atoms with van der Waals surface area (Å²) in [6, 6.07) is 5.55. The van der Waals surface area contributed by atoms with Crippen LogP contribution >= 0.6 is 0 Å². The van der Waals surface area contributed by atoms with Crippen LogP contribution in [0.3, 0.4) is 0 Å². The van der Waals surface area contributed by atoms with Crippen LogP contribution in [0.15, 0.2) is 18.2 Å². The van der Waals surface area contributed by atoms with Gasteiger partial charge in [0, 0.05) is 6.61 Å². The molecule has 0 amide bonds. The van der Waals surface area contributed by atoms with E-state index in [9.17, 15) is 4.39 Å². The number of benzene rings is 1. The lowest BCUT2D eigenvalue weighted by atomic mass is 9.94. The summed E-state index contributed by atoms with van der Waals surface area (Å²) in [5.41, 5.74) is 1.49. The van der Waals surface area contributed by atoms with Gasteiger partial charge in [-0.25, -0.2) is 4.39 Å². The Balaban J connectivity index is 3.06. The van der Waals surface area contributed by atoms with Gasteiger partial charge in [0.1, 0.15) is 5.67 Å². The van der Waals surface area contributed by atoms with Gasteiger partial charge < -0.3 is 5.11 Å². The molecule has 1 aromatic carbocycles. The lowest BCUT2D eigenvalue weighted by Crippen LogP contribution is -2.10. The van der Waals surface area contributed by atoms with Crippen LogP contribution < -0.4 is 0 Å². The van der Waals surface area contributed by atoms with Crippen molar-refractivity contribution in [2.24, 2.45) is 0 Å². The molecule has 0 aromatic heterocycles. The van der Waals surface area contributed by atoms with Gasteiger partial charge in [-0.2, -0.15) is 0 Å². The molecule has 78 valence electrons. The Morgan fingerprint density at radius 3 is 2.50 bits per heavy atom. The second kappa shape index (κ2) is 4.09. The maximum atomic E-state index is 13.6. The van der Waals surface area contributed by atoms with Crippen molar-refractivity contribution in [3.05, 3.63) is 34.9 Å². The smallest absolute Gasteiger partial charge is 0.130 e. The zero-order valence-corrected chi connectivity index (χ0v) is 8.97. The summed E-state index contributed by atoms with van der Waals surface area (Å²) < 4.78 is 13.6. The van der Waals surface area contributed by atoms with Crippen LogP contribution in [0.5, 0.6) is 0 Å². The fourth-order valence-corrected chi connectivity index (χ4v) is 1.43. The van der Waals surface area contributed by atoms with E-state index < -0.39 is 5.67 Å². The first kappa shape index (κ1) is 11.2. The number of aliphatic hydroxyl groups is 1. The molecule has 0 atom stereocenters. The average Bonchev–Trinajstić information content (AvgIpc) is 2.07. The van der Waals surface area contributed by atoms with Crippen LogP contribution in [0.2, 0.25) is 0 Å². The largest absolute Gasteiger partial charge is 0.396 e. The molecule has 1 N–H and O–H groups in total. The third kappa shape index (κ3) is 2.55. The molecule has 0 fully saturated rings. The first-order valence-electron chi connectivity index (χ1n) is 4.85. The van der Waals surface area contributed by atoms with Gasteiger partial charge in [0.2, 0.25) is 0 Å². The standard InChI is InChI=1S/C12H17FO/c1-9-4-5-11(12(2,3)13)8-10(9)6-7-14/h4-5,8,14H,6-7H2,1-3H3. The molecular weight excluding hydrogens is 179 g/mol. The molecule has 0 unspecified atom stereocenters. The molecule has 0 spiro atoms. The molecule has 0 radical (unpaired) electrons. The summed E-state index contributed by atoms with van der Waals surface area (Å²) in [6.45, 7) is 5.16. The third-order valence-electron chi connectivity index (χ3n) is 2.42. The number of hydrogen-bond acceptors (Lipinski definition) is 1. The first-order chi connectivity index (χ1) is 6.45. The molecule has 0 aliphatic rings. The van der Waals surface area contributed by atoms with E-state index in [1.807, 2.05) is 19.1 Å². The van der Waals surface area contributed by atoms with Crippen molar-refractivity contribution in [2.75, 3.05) is 6.61 Å². The van der Waals surface area contributed by atoms with Crippen molar-refractivity contribution < 1.29 is 9.50 Å². The Morgan fingerprint density at radius 1 is 1.36 bits per heavy atom. The van der Waals surface area contributed by atoms with E-state index in [2.05, 4.69) is 0 Å². The summed E-state index contributed by atoms with van der Waals surface area (Å²) in [7, 11) is 0. The molecule has 0 bridgehead atoms. The predicted octanol–water partition coefficient (Wildman–Crippen LogP) is 2.73. The van der Waals surface area contributed by atoms with Crippen LogP contribution in [0.1, 0.15) is 30.5 Å². The van der Waals surface area contributed by atoms with Gasteiger partial charge >= 0.3 is 0 Å². The molecule has 0 heterocycles. The van der Waals surface area contributed by atoms with Crippen molar-refractivity contribution in [1.82, 2.24) is 0 Å². The minimum Gasteiger partial charge on any atom is -0.396 e. The fourth-order valence-electron chi connectivity index (χ4n) is 1.43. The second-order valence-electron chi connectivity index (χ2n) is 4.09. The van der Waals surface area contributed by atoms with E-state index >= 15 is 0 Å². The quantitative estimate of drug-likeness (QED) is 0.788. The Labute approximate surface area is 84.6 Å². The normalized spacial score (nSPS) is 11.8. The molecule has 14 heavy (non-hydrogen) atoms. The van der Waals surface area contributed by atoms with Crippen molar-refractivity contribution in [1.29, 1.82) is 0 Å². The summed E-state index contributed by atoms with van der Waals surface area (Å²) in [6.07, 6.45) is 0.593. The topological polar surface area (TPSA) is 20.2 Å². The van der Waals surface area contributed by atoms with Gasteiger partial charge in [0.15, 0.2) is 0 Å². The van der Waals surface area contributed by atoms with Gasteiger partial charge in [-0.05, 0) is 43.9 Å². The van der Waals surface area contributed by atoms with E-state index in [1.54, 1.807) is 19.9 Å². The Kier molecular flexibility index (Phi) is 3.27. The van der Waals surface area contributed by atoms with Crippen LogP contribution in [0, 0.1) is 6.92 Å². The first-order valence-corrected chi connectivity index (χ1v) is 4.85. The van der Waals surface area contributed by atoms with Crippen LogP contribution in [0.25, 0.3) is 0 Å². The average molecular weight is 196 g/mol. The summed E-state index contributed by atoms with van der Waals surface area (Å²) in [4.78, 5) is 0. The minimum absolute atomic E-state index is 0.108. The number of halogens is 1. The van der Waals surface area contributed by atoms with Crippen LogP contribution in [-0.2, 0) is 12.1 Å². The van der Waals surface area contributed by atoms with E-state index in [1.165, 1.54) is 0 Å². The van der Waals surface area contributed by atoms with E-state index in [0.717, 1.165) is 11.1 Å². The summed E-state index contributed by atoms with van der Waals surface area (Å²) >= 11 is 0. The highest BCUT2D eigenvalue weighted by atomic mass is 19.1. The Bertz CT molecular complexity index is 313. The van der Waals surface area contributed by atoms with Crippen LogP contribution in [-0.4, -0.2) is 11.7 Å². The molecule has 0 aliphatic heterocycles. The summed E-state index contributed by atoms with van der Waals surface area (Å²) in [5, 5.41) is 8.84. The fraction of sp³-hybridized carbons (Fsp3) is 0.500. The Morgan fingerprint density at radius 2 is 2.00 bits per heavy atom. The molecule has 1 aromatic rings. The van der Waals surface area contributed by atoms with Gasteiger partial charge in [0.25, 0.3) is 0 Å². The molecule has 0 saturated carbocycles. The van der Waals surface area contributed by atoms with Crippen molar-refractivity contribution in [3.63, 3.8) is 0 Å². The second-order valence-corrected chi connectivity index (χ2v) is 4.09. The molecule has 1 nitrogen and oxygen atoms in total. The zero-order chi connectivity index (χ0) is 10.8. The highest BCUT2D eigenvalue weighted by molar-refractivity contribution is 5.33. The van der Waals surface area contributed by atoms with Crippen molar-refractivity contribution in [3.8, 4) is 0 Å². The van der Waals surface area contributed by atoms with E-state index in [4.69, 9.17) is 5.11 Å². The number of alkyl halides is 1. The zero-order valence-electron chi connectivity index (χ0n) is 8.97. The van der Waals surface area contributed by atoms with Crippen molar-refractivity contribution in [2.45, 2.75) is 32.9 Å². The predicted molar refractivity (Wildman–Crippen MR) is 56.1 cm³/mol. The van der Waals surface area contributed by atoms with Gasteiger partial charge in [-0.15, -0.1) is 0 Å². The molecule has 0 aliphatic carbocycles. The number of aliphatic hydroxyl groups excluding tert-OH is 1. The van der Waals surface area contributed by atoms with Gasteiger partial charge in [0.05, 0.1) is 0 Å². The minimum atomic E-state index is -1.31. The highest BCUT2D eigenvalue weighted by Crippen LogP contribution is 2.26. The number of aryl methyl sites for hydroxylation is 1. The SMILES string of the molecule is Cc1ccc(C(C)(C)F)cc1CCO.